The summed E-state index contributed by atoms with van der Waals surface area (Å²) in [6.07, 6.45) is 1.64. The number of nitrogens with one attached hydrogen (secondary N) is 1. The minimum absolute atomic E-state index is 0.0129. The topological polar surface area (TPSA) is 112 Å². The van der Waals surface area contributed by atoms with Crippen LogP contribution in [0, 0.1) is 22.7 Å². The van der Waals surface area contributed by atoms with Crippen molar-refractivity contribution in [3.8, 4) is 12.1 Å². The average Bonchev–Trinajstić information content (AvgIpc) is 2.79. The Hall–Kier alpha value is -2.84. The normalized spacial score (nSPS) is 10.6. The van der Waals surface area contributed by atoms with Gasteiger partial charge in [-0.3, -0.25) is 9.40 Å². The Morgan fingerprint density at radius 3 is 2.52 bits per heavy atom. The van der Waals surface area contributed by atoms with Gasteiger partial charge in [0, 0.05) is 13.2 Å². The van der Waals surface area contributed by atoms with E-state index in [1.165, 1.54) is 23.0 Å². The fourth-order valence-electron chi connectivity index (χ4n) is 1.71. The van der Waals surface area contributed by atoms with Gasteiger partial charge in [-0.25, -0.2) is 8.42 Å². The van der Waals surface area contributed by atoms with Crippen LogP contribution in [0.2, 0.25) is 0 Å². The maximum absolute atomic E-state index is 12.2. The van der Waals surface area contributed by atoms with Crippen LogP contribution >= 0.6 is 0 Å². The van der Waals surface area contributed by atoms with Gasteiger partial charge in [0.25, 0.3) is 10.0 Å². The van der Waals surface area contributed by atoms with Crippen molar-refractivity contribution in [1.82, 2.24) is 9.78 Å². The van der Waals surface area contributed by atoms with Crippen molar-refractivity contribution in [3.63, 3.8) is 0 Å². The lowest BCUT2D eigenvalue weighted by molar-refractivity contribution is 0.601. The number of aryl methyl sites for hydroxylation is 1. The molecule has 0 radical (unpaired) electrons. The van der Waals surface area contributed by atoms with Gasteiger partial charge in [0.1, 0.15) is 11.6 Å². The third kappa shape index (κ3) is 3.19. The van der Waals surface area contributed by atoms with E-state index < -0.39 is 10.0 Å². The molecule has 0 atom stereocenters. The van der Waals surface area contributed by atoms with Crippen LogP contribution in [-0.2, 0) is 23.5 Å². The van der Waals surface area contributed by atoms with Crippen LogP contribution in [0.5, 0.6) is 0 Å². The second-order valence-electron chi connectivity index (χ2n) is 4.26. The van der Waals surface area contributed by atoms with Crippen LogP contribution in [0.4, 0.5) is 5.82 Å². The van der Waals surface area contributed by atoms with Crippen LogP contribution < -0.4 is 4.72 Å². The number of nitriles is 2. The molecule has 0 aliphatic carbocycles. The first-order valence-corrected chi connectivity index (χ1v) is 7.37. The maximum atomic E-state index is 12.2. The zero-order chi connectivity index (χ0) is 15.5. The smallest absolute Gasteiger partial charge is 0.263 e. The van der Waals surface area contributed by atoms with E-state index in [1.807, 2.05) is 12.1 Å². The minimum atomic E-state index is -3.82. The Labute approximate surface area is 122 Å². The number of benzene rings is 1. The first-order chi connectivity index (χ1) is 9.96. The highest BCUT2D eigenvalue weighted by Gasteiger charge is 2.18. The molecule has 0 spiro atoms. The first-order valence-electron chi connectivity index (χ1n) is 5.88. The van der Waals surface area contributed by atoms with E-state index in [1.54, 1.807) is 19.2 Å². The molecular weight excluding hydrogens is 290 g/mol. The Balaban J connectivity index is 2.30. The van der Waals surface area contributed by atoms with Crippen molar-refractivity contribution in [2.75, 3.05) is 4.72 Å². The molecule has 106 valence electrons. The Kier molecular flexibility index (Phi) is 3.92. The van der Waals surface area contributed by atoms with Gasteiger partial charge in [0.2, 0.25) is 0 Å². The van der Waals surface area contributed by atoms with Crippen molar-refractivity contribution in [2.24, 2.45) is 7.05 Å². The Morgan fingerprint density at radius 2 is 1.95 bits per heavy atom. The summed E-state index contributed by atoms with van der Waals surface area (Å²) in [4.78, 5) is 0.0405. The van der Waals surface area contributed by atoms with Crippen LogP contribution in [0.25, 0.3) is 0 Å². The number of sulfonamides is 1. The van der Waals surface area contributed by atoms with Crippen molar-refractivity contribution < 1.29 is 8.42 Å². The van der Waals surface area contributed by atoms with E-state index in [-0.39, 0.29) is 22.7 Å². The van der Waals surface area contributed by atoms with Gasteiger partial charge in [-0.1, -0.05) is 12.1 Å². The highest BCUT2D eigenvalue weighted by Crippen LogP contribution is 2.18. The van der Waals surface area contributed by atoms with Gasteiger partial charge in [-0.05, 0) is 17.7 Å². The largest absolute Gasteiger partial charge is 0.272 e. The molecule has 2 aromatic rings. The van der Waals surface area contributed by atoms with Crippen LogP contribution in [0.1, 0.15) is 11.1 Å². The molecule has 1 aromatic carbocycles. The SMILES string of the molecule is Cn1cc(C#N)c(NS(=O)(=O)c2ccc(CC#N)cc2)n1. The molecular formula is C13H11N5O2S. The molecule has 0 fully saturated rings. The van der Waals surface area contributed by atoms with Crippen molar-refractivity contribution in [3.05, 3.63) is 41.6 Å². The average molecular weight is 301 g/mol. The number of rotatable bonds is 4. The van der Waals surface area contributed by atoms with E-state index in [4.69, 9.17) is 10.5 Å². The molecule has 21 heavy (non-hydrogen) atoms. The van der Waals surface area contributed by atoms with E-state index in [2.05, 4.69) is 9.82 Å². The zero-order valence-electron chi connectivity index (χ0n) is 11.1. The van der Waals surface area contributed by atoms with Gasteiger partial charge in [-0.2, -0.15) is 15.6 Å². The molecule has 0 bridgehead atoms. The van der Waals surface area contributed by atoms with E-state index in [0.29, 0.717) is 0 Å². The van der Waals surface area contributed by atoms with Gasteiger partial charge in [-0.15, -0.1) is 0 Å². The summed E-state index contributed by atoms with van der Waals surface area (Å²) in [6.45, 7) is 0. The molecule has 0 amide bonds. The molecule has 0 saturated carbocycles. The summed E-state index contributed by atoms with van der Waals surface area (Å²) in [5, 5.41) is 21.4. The number of hydrogen-bond acceptors (Lipinski definition) is 5. The van der Waals surface area contributed by atoms with Crippen LogP contribution in [0.3, 0.4) is 0 Å². The molecule has 0 aliphatic heterocycles. The van der Waals surface area contributed by atoms with E-state index in [0.717, 1.165) is 5.56 Å². The van der Waals surface area contributed by atoms with E-state index >= 15 is 0 Å². The standard InChI is InChI=1S/C13H11N5O2S/c1-18-9-11(8-15)13(16-18)17-21(19,20)12-4-2-10(3-5-12)6-7-14/h2-5,9H,6H2,1H3,(H,16,17). The van der Waals surface area contributed by atoms with Crippen molar-refractivity contribution >= 4 is 15.8 Å². The monoisotopic (exact) mass is 301 g/mol. The lowest BCUT2D eigenvalue weighted by Crippen LogP contribution is -2.14. The van der Waals surface area contributed by atoms with Crippen LogP contribution in [-0.4, -0.2) is 18.2 Å². The predicted octanol–water partition coefficient (Wildman–Crippen LogP) is 1.16. The summed E-state index contributed by atoms with van der Waals surface area (Å²) in [7, 11) is -2.23. The lowest BCUT2D eigenvalue weighted by atomic mass is 10.2. The summed E-state index contributed by atoms with van der Waals surface area (Å²) in [5.74, 6) is -0.0129. The van der Waals surface area contributed by atoms with Gasteiger partial charge < -0.3 is 0 Å². The van der Waals surface area contributed by atoms with Crippen LogP contribution in [0.15, 0.2) is 35.4 Å². The highest BCUT2D eigenvalue weighted by atomic mass is 32.2. The summed E-state index contributed by atoms with van der Waals surface area (Å²) >= 11 is 0. The number of nitrogens with zero attached hydrogens (tertiary/aromatic N) is 4. The van der Waals surface area contributed by atoms with Crippen molar-refractivity contribution in [2.45, 2.75) is 11.3 Å². The highest BCUT2D eigenvalue weighted by molar-refractivity contribution is 7.92. The number of aromatic nitrogens is 2. The quantitative estimate of drug-likeness (QED) is 0.910. The second kappa shape index (κ2) is 5.65. The molecule has 0 saturated heterocycles. The fourth-order valence-corrected chi connectivity index (χ4v) is 2.73. The molecule has 1 heterocycles. The Bertz CT molecular complexity index is 838. The lowest BCUT2D eigenvalue weighted by Gasteiger charge is -2.06. The Morgan fingerprint density at radius 1 is 1.29 bits per heavy atom. The van der Waals surface area contributed by atoms with Gasteiger partial charge in [0.05, 0.1) is 17.4 Å². The minimum Gasteiger partial charge on any atom is -0.272 e. The van der Waals surface area contributed by atoms with Gasteiger partial charge >= 0.3 is 0 Å². The van der Waals surface area contributed by atoms with E-state index in [9.17, 15) is 8.42 Å². The third-order valence-electron chi connectivity index (χ3n) is 2.70. The number of anilines is 1. The molecule has 2 rings (SSSR count). The second-order valence-corrected chi connectivity index (χ2v) is 5.94. The molecule has 7 nitrogen and oxygen atoms in total. The fraction of sp³-hybridized carbons (Fsp3) is 0.154. The molecule has 1 aromatic heterocycles. The summed E-state index contributed by atoms with van der Waals surface area (Å²) in [6, 6.07) is 9.81. The third-order valence-corrected chi connectivity index (χ3v) is 4.05. The zero-order valence-corrected chi connectivity index (χ0v) is 11.9. The summed E-state index contributed by atoms with van der Waals surface area (Å²) < 4.78 is 28.1. The first kappa shape index (κ1) is 14.6. The molecule has 1 N–H and O–H groups in total. The number of hydrogen-bond donors (Lipinski definition) is 1. The molecule has 0 unspecified atom stereocenters. The maximum Gasteiger partial charge on any atom is 0.263 e. The predicted molar refractivity (Wildman–Crippen MR) is 74.5 cm³/mol. The molecule has 8 heteroatoms. The van der Waals surface area contributed by atoms with Gasteiger partial charge in [0.15, 0.2) is 5.82 Å². The summed E-state index contributed by atoms with van der Waals surface area (Å²) in [5.41, 5.74) is 0.870. The van der Waals surface area contributed by atoms with Crippen molar-refractivity contribution in [1.29, 1.82) is 10.5 Å². The molecule has 0 aliphatic rings.